The number of ether oxygens (including phenoxy) is 2. The lowest BCUT2D eigenvalue weighted by molar-refractivity contribution is 0.102. The molecule has 0 saturated carbocycles. The second kappa shape index (κ2) is 7.31. The van der Waals surface area contributed by atoms with Gasteiger partial charge in [-0.1, -0.05) is 11.6 Å². The Bertz CT molecular complexity index is 763. The van der Waals surface area contributed by atoms with Crippen LogP contribution in [0.25, 0.3) is 0 Å². The molecule has 0 saturated heterocycles. The van der Waals surface area contributed by atoms with E-state index in [9.17, 15) is 4.79 Å². The van der Waals surface area contributed by atoms with E-state index in [2.05, 4.69) is 5.32 Å². The van der Waals surface area contributed by atoms with Gasteiger partial charge in [0.25, 0.3) is 5.91 Å². The smallest absolute Gasteiger partial charge is 0.257 e. The number of nitrogens with two attached hydrogens (primary N) is 1. The lowest BCUT2D eigenvalue weighted by atomic mass is 10.1. The van der Waals surface area contributed by atoms with Crippen molar-refractivity contribution in [3.05, 3.63) is 40.9 Å². The maximum atomic E-state index is 12.7. The van der Waals surface area contributed by atoms with Gasteiger partial charge >= 0.3 is 0 Å². The molecule has 0 spiro atoms. The first-order valence-electron chi connectivity index (χ1n) is 7.17. The second-order valence-corrected chi connectivity index (χ2v) is 5.72. The number of nitrogen functional groups attached to an aromatic ring is 1. The number of anilines is 3. The summed E-state index contributed by atoms with van der Waals surface area (Å²) in [6, 6.07) is 8.37. The van der Waals surface area contributed by atoms with E-state index in [1.165, 1.54) is 14.2 Å². The molecule has 0 atom stereocenters. The topological polar surface area (TPSA) is 76.8 Å². The summed E-state index contributed by atoms with van der Waals surface area (Å²) in [5.41, 5.74) is 7.99. The van der Waals surface area contributed by atoms with E-state index in [1.807, 2.05) is 19.0 Å². The molecule has 0 aliphatic heterocycles. The van der Waals surface area contributed by atoms with Gasteiger partial charge in [-0.3, -0.25) is 4.79 Å². The second-order valence-electron chi connectivity index (χ2n) is 5.31. The van der Waals surface area contributed by atoms with Gasteiger partial charge in [0.1, 0.15) is 11.5 Å². The summed E-state index contributed by atoms with van der Waals surface area (Å²) in [7, 11) is 6.71. The monoisotopic (exact) mass is 349 g/mol. The van der Waals surface area contributed by atoms with Gasteiger partial charge in [0.05, 0.1) is 30.5 Å². The third-order valence-corrected chi connectivity index (χ3v) is 3.76. The normalized spacial score (nSPS) is 10.2. The van der Waals surface area contributed by atoms with Gasteiger partial charge < -0.3 is 25.4 Å². The van der Waals surface area contributed by atoms with Crippen LogP contribution in [0.1, 0.15) is 10.4 Å². The molecule has 0 aliphatic rings. The molecule has 2 aromatic carbocycles. The molecule has 3 N–H and O–H groups in total. The molecule has 2 rings (SSSR count). The highest BCUT2D eigenvalue weighted by Gasteiger charge is 2.17. The zero-order valence-corrected chi connectivity index (χ0v) is 14.8. The lowest BCUT2D eigenvalue weighted by Crippen LogP contribution is -2.19. The summed E-state index contributed by atoms with van der Waals surface area (Å²) in [5, 5.41) is 3.21. The number of nitrogens with zero attached hydrogens (tertiary/aromatic N) is 1. The van der Waals surface area contributed by atoms with Crippen molar-refractivity contribution in [1.29, 1.82) is 0 Å². The highest BCUT2D eigenvalue weighted by molar-refractivity contribution is 6.32. The first-order valence-corrected chi connectivity index (χ1v) is 7.55. The van der Waals surface area contributed by atoms with Crippen LogP contribution in [0.2, 0.25) is 5.02 Å². The summed E-state index contributed by atoms with van der Waals surface area (Å²) < 4.78 is 10.5. The summed E-state index contributed by atoms with van der Waals surface area (Å²) >= 11 is 6.08. The minimum atomic E-state index is -0.311. The summed E-state index contributed by atoms with van der Waals surface area (Å²) in [6.45, 7) is 0. The van der Waals surface area contributed by atoms with Crippen molar-refractivity contribution >= 4 is 34.6 Å². The first kappa shape index (κ1) is 17.7. The van der Waals surface area contributed by atoms with Crippen molar-refractivity contribution in [2.24, 2.45) is 0 Å². The number of amides is 1. The minimum Gasteiger partial charge on any atom is -0.495 e. The average molecular weight is 350 g/mol. The van der Waals surface area contributed by atoms with Gasteiger partial charge in [-0.25, -0.2) is 0 Å². The van der Waals surface area contributed by atoms with E-state index in [-0.39, 0.29) is 5.91 Å². The lowest BCUT2D eigenvalue weighted by Gasteiger charge is -2.18. The van der Waals surface area contributed by atoms with Crippen molar-refractivity contribution in [2.75, 3.05) is 44.3 Å². The Hall–Kier alpha value is -2.60. The van der Waals surface area contributed by atoms with Gasteiger partial charge in [0, 0.05) is 37.6 Å². The number of carbonyl (C=O) groups is 1. The molecule has 0 fully saturated rings. The van der Waals surface area contributed by atoms with E-state index < -0.39 is 0 Å². The number of hydrogen-bond acceptors (Lipinski definition) is 5. The number of carbonyl (C=O) groups excluding carboxylic acids is 1. The molecular formula is C17H20ClN3O3. The molecule has 2 aromatic rings. The molecule has 6 nitrogen and oxygen atoms in total. The number of benzene rings is 2. The van der Waals surface area contributed by atoms with Crippen molar-refractivity contribution < 1.29 is 14.3 Å². The molecule has 0 aliphatic carbocycles. The number of methoxy groups -OCH3 is 2. The van der Waals surface area contributed by atoms with E-state index in [1.54, 1.807) is 30.3 Å². The Kier molecular flexibility index (Phi) is 5.41. The summed E-state index contributed by atoms with van der Waals surface area (Å²) in [6.07, 6.45) is 0. The largest absolute Gasteiger partial charge is 0.495 e. The Labute approximate surface area is 146 Å². The SMILES string of the molecule is COc1cc(NC(=O)c2cc(N)ccc2N(C)C)c(OC)cc1Cl. The predicted octanol–water partition coefficient (Wildman–Crippen LogP) is 3.26. The van der Waals surface area contributed by atoms with E-state index in [0.29, 0.717) is 33.5 Å². The number of halogens is 1. The van der Waals surface area contributed by atoms with Crippen molar-refractivity contribution in [3.8, 4) is 11.5 Å². The van der Waals surface area contributed by atoms with Crippen LogP contribution in [0.5, 0.6) is 11.5 Å². The molecule has 0 unspecified atom stereocenters. The molecule has 0 aromatic heterocycles. The van der Waals surface area contributed by atoms with Crippen LogP contribution in [0.3, 0.4) is 0 Å². The molecular weight excluding hydrogens is 330 g/mol. The van der Waals surface area contributed by atoms with Gasteiger partial charge in [-0.05, 0) is 18.2 Å². The summed E-state index contributed by atoms with van der Waals surface area (Å²) in [5.74, 6) is 0.561. The highest BCUT2D eigenvalue weighted by Crippen LogP contribution is 2.36. The van der Waals surface area contributed by atoms with Gasteiger partial charge in [0.2, 0.25) is 0 Å². The third-order valence-electron chi connectivity index (χ3n) is 3.47. The number of hydrogen-bond donors (Lipinski definition) is 2. The Morgan fingerprint density at radius 1 is 1.12 bits per heavy atom. The zero-order valence-electron chi connectivity index (χ0n) is 14.0. The molecule has 24 heavy (non-hydrogen) atoms. The fourth-order valence-electron chi connectivity index (χ4n) is 2.27. The molecule has 128 valence electrons. The van der Waals surface area contributed by atoms with Crippen LogP contribution in [-0.2, 0) is 0 Å². The number of nitrogens with one attached hydrogen (secondary N) is 1. The average Bonchev–Trinajstić information content (AvgIpc) is 2.55. The van der Waals surface area contributed by atoms with Gasteiger partial charge in [0.15, 0.2) is 0 Å². The zero-order chi connectivity index (χ0) is 17.9. The quantitative estimate of drug-likeness (QED) is 0.810. The molecule has 0 heterocycles. The van der Waals surface area contributed by atoms with Crippen LogP contribution >= 0.6 is 11.6 Å². The van der Waals surface area contributed by atoms with Crippen molar-refractivity contribution in [3.63, 3.8) is 0 Å². The standard InChI is InChI=1S/C17H20ClN3O3/c1-21(2)14-6-5-10(19)7-11(14)17(22)20-13-9-15(23-3)12(18)8-16(13)24-4/h5-9H,19H2,1-4H3,(H,20,22). The molecule has 7 heteroatoms. The molecule has 0 radical (unpaired) electrons. The van der Waals surface area contributed by atoms with E-state index in [0.717, 1.165) is 5.69 Å². The molecule has 1 amide bonds. The van der Waals surface area contributed by atoms with Gasteiger partial charge in [-0.2, -0.15) is 0 Å². The maximum absolute atomic E-state index is 12.7. The van der Waals surface area contributed by atoms with E-state index >= 15 is 0 Å². The third kappa shape index (κ3) is 3.65. The minimum absolute atomic E-state index is 0.311. The van der Waals surface area contributed by atoms with Crippen LogP contribution in [0, 0.1) is 0 Å². The highest BCUT2D eigenvalue weighted by atomic mass is 35.5. The van der Waals surface area contributed by atoms with E-state index in [4.69, 9.17) is 26.8 Å². The van der Waals surface area contributed by atoms with Crippen molar-refractivity contribution in [1.82, 2.24) is 0 Å². The Morgan fingerprint density at radius 3 is 2.38 bits per heavy atom. The Morgan fingerprint density at radius 2 is 1.79 bits per heavy atom. The van der Waals surface area contributed by atoms with Gasteiger partial charge in [-0.15, -0.1) is 0 Å². The molecule has 0 bridgehead atoms. The van der Waals surface area contributed by atoms with Crippen LogP contribution < -0.4 is 25.4 Å². The fourth-order valence-corrected chi connectivity index (χ4v) is 2.50. The fraction of sp³-hybridized carbons (Fsp3) is 0.235. The number of rotatable bonds is 5. The summed E-state index contributed by atoms with van der Waals surface area (Å²) in [4.78, 5) is 14.6. The van der Waals surface area contributed by atoms with Crippen LogP contribution in [0.4, 0.5) is 17.1 Å². The maximum Gasteiger partial charge on any atom is 0.257 e. The van der Waals surface area contributed by atoms with Crippen LogP contribution in [0.15, 0.2) is 30.3 Å². The van der Waals surface area contributed by atoms with Crippen LogP contribution in [-0.4, -0.2) is 34.2 Å². The van der Waals surface area contributed by atoms with Crippen molar-refractivity contribution in [2.45, 2.75) is 0 Å². The first-order chi connectivity index (χ1) is 11.4. The Balaban J connectivity index is 2.42. The predicted molar refractivity (Wildman–Crippen MR) is 97.7 cm³/mol.